The first-order chi connectivity index (χ1) is 16.1. The first-order valence-corrected chi connectivity index (χ1v) is 13.0. The quantitative estimate of drug-likeness (QED) is 0.312. The second kappa shape index (κ2) is 10.7. The fraction of sp³-hybridized carbons (Fsp3) is 0.167. The van der Waals surface area contributed by atoms with Crippen LogP contribution in [0.1, 0.15) is 21.8 Å². The van der Waals surface area contributed by atoms with Crippen LogP contribution in [0, 0.1) is 25.2 Å². The number of hydrogen-bond donors (Lipinski definition) is 1. The second-order valence-corrected chi connectivity index (χ2v) is 10.3. The Bertz CT molecular complexity index is 1290. The standard InChI is InChI=1S/C24H21N5OS3/c1-16-17(2)33-23(20(16)13-25)26-22(30)15-32-24-28-27-21(14-31-19-11-7-4-8-12-19)29(24)18-9-5-3-6-10-18/h3-12H,14-15H2,1-2H3,(H,26,30). The number of nitrogens with zero attached hydrogens (tertiary/aromatic N) is 4. The number of benzene rings is 2. The molecule has 166 valence electrons. The molecule has 2 heterocycles. The zero-order valence-electron chi connectivity index (χ0n) is 18.1. The van der Waals surface area contributed by atoms with E-state index in [2.05, 4.69) is 33.7 Å². The van der Waals surface area contributed by atoms with Crippen molar-refractivity contribution in [3.05, 3.63) is 82.5 Å². The van der Waals surface area contributed by atoms with Gasteiger partial charge < -0.3 is 5.32 Å². The molecule has 0 saturated carbocycles. The predicted molar refractivity (Wildman–Crippen MR) is 135 cm³/mol. The number of thiophene rings is 1. The Labute approximate surface area is 205 Å². The van der Waals surface area contributed by atoms with Gasteiger partial charge in [0, 0.05) is 15.5 Å². The van der Waals surface area contributed by atoms with Crippen molar-refractivity contribution >= 4 is 45.8 Å². The summed E-state index contributed by atoms with van der Waals surface area (Å²) in [5.41, 5.74) is 2.39. The van der Waals surface area contributed by atoms with E-state index < -0.39 is 0 Å². The summed E-state index contributed by atoms with van der Waals surface area (Å²) >= 11 is 4.44. The lowest BCUT2D eigenvalue weighted by Gasteiger charge is -2.10. The van der Waals surface area contributed by atoms with Crippen LogP contribution in [0.25, 0.3) is 5.69 Å². The molecule has 0 bridgehead atoms. The molecule has 1 N–H and O–H groups in total. The van der Waals surface area contributed by atoms with Crippen LogP contribution in [-0.2, 0) is 10.5 Å². The summed E-state index contributed by atoms with van der Waals surface area (Å²) in [7, 11) is 0. The molecule has 0 aliphatic carbocycles. The zero-order chi connectivity index (χ0) is 23.2. The summed E-state index contributed by atoms with van der Waals surface area (Å²) in [5.74, 6) is 1.45. The molecule has 0 radical (unpaired) electrons. The van der Waals surface area contributed by atoms with Crippen LogP contribution in [-0.4, -0.2) is 26.4 Å². The Balaban J connectivity index is 1.50. The van der Waals surface area contributed by atoms with E-state index in [4.69, 9.17) is 0 Å². The summed E-state index contributed by atoms with van der Waals surface area (Å²) in [5, 5.41) is 22.3. The van der Waals surface area contributed by atoms with Gasteiger partial charge in [-0.25, -0.2) is 0 Å². The molecule has 2 aromatic heterocycles. The summed E-state index contributed by atoms with van der Waals surface area (Å²) in [4.78, 5) is 14.8. The van der Waals surface area contributed by atoms with Gasteiger partial charge in [0.15, 0.2) is 5.16 Å². The normalized spacial score (nSPS) is 10.7. The van der Waals surface area contributed by atoms with Crippen LogP contribution in [0.2, 0.25) is 0 Å². The van der Waals surface area contributed by atoms with E-state index in [1.807, 2.05) is 66.9 Å². The minimum atomic E-state index is -0.180. The Morgan fingerprint density at radius 2 is 1.76 bits per heavy atom. The molecule has 0 saturated heterocycles. The Kier molecular flexibility index (Phi) is 7.50. The monoisotopic (exact) mass is 491 g/mol. The van der Waals surface area contributed by atoms with Gasteiger partial charge >= 0.3 is 0 Å². The Morgan fingerprint density at radius 3 is 2.45 bits per heavy atom. The summed E-state index contributed by atoms with van der Waals surface area (Å²) in [6.45, 7) is 3.84. The molecule has 0 aliphatic rings. The summed E-state index contributed by atoms with van der Waals surface area (Å²) in [6, 6.07) is 22.2. The number of aromatic nitrogens is 3. The number of aryl methyl sites for hydroxylation is 1. The highest BCUT2D eigenvalue weighted by molar-refractivity contribution is 7.99. The lowest BCUT2D eigenvalue weighted by molar-refractivity contribution is -0.113. The smallest absolute Gasteiger partial charge is 0.235 e. The largest absolute Gasteiger partial charge is 0.316 e. The van der Waals surface area contributed by atoms with E-state index in [-0.39, 0.29) is 11.7 Å². The van der Waals surface area contributed by atoms with Crippen LogP contribution in [0.3, 0.4) is 0 Å². The average Bonchev–Trinajstić information content (AvgIpc) is 3.37. The van der Waals surface area contributed by atoms with Crippen molar-refractivity contribution < 1.29 is 4.79 Å². The summed E-state index contributed by atoms with van der Waals surface area (Å²) in [6.07, 6.45) is 0. The maximum Gasteiger partial charge on any atom is 0.235 e. The lowest BCUT2D eigenvalue weighted by Crippen LogP contribution is -2.14. The third-order valence-corrected chi connectivity index (χ3v) is 7.97. The maximum absolute atomic E-state index is 12.6. The molecule has 0 unspecified atom stereocenters. The van der Waals surface area contributed by atoms with Gasteiger partial charge in [-0.05, 0) is 43.7 Å². The predicted octanol–water partition coefficient (Wildman–Crippen LogP) is 5.84. The van der Waals surface area contributed by atoms with Crippen LogP contribution >= 0.6 is 34.9 Å². The SMILES string of the molecule is Cc1sc(NC(=O)CSc2nnc(CSc3ccccc3)n2-c2ccccc2)c(C#N)c1C. The molecular formula is C24H21N5OS3. The minimum absolute atomic E-state index is 0.164. The van der Waals surface area contributed by atoms with E-state index in [1.165, 1.54) is 23.1 Å². The fourth-order valence-corrected chi connectivity index (χ4v) is 5.76. The number of anilines is 1. The number of carbonyl (C=O) groups is 1. The molecule has 0 atom stereocenters. The Hall–Kier alpha value is -3.06. The lowest BCUT2D eigenvalue weighted by atomic mass is 10.2. The van der Waals surface area contributed by atoms with Crippen molar-refractivity contribution in [2.45, 2.75) is 29.7 Å². The van der Waals surface area contributed by atoms with Gasteiger partial charge in [-0.15, -0.1) is 33.3 Å². The maximum atomic E-state index is 12.6. The molecule has 9 heteroatoms. The van der Waals surface area contributed by atoms with Crippen LogP contribution in [0.4, 0.5) is 5.00 Å². The second-order valence-electron chi connectivity index (χ2n) is 7.11. The molecule has 2 aromatic carbocycles. The highest BCUT2D eigenvalue weighted by Crippen LogP contribution is 2.32. The van der Waals surface area contributed by atoms with E-state index in [0.717, 1.165) is 26.8 Å². The number of para-hydroxylation sites is 1. The number of nitriles is 1. The third kappa shape index (κ3) is 5.47. The van der Waals surface area contributed by atoms with Gasteiger partial charge in [-0.2, -0.15) is 5.26 Å². The van der Waals surface area contributed by atoms with E-state index in [0.29, 0.717) is 21.5 Å². The Morgan fingerprint density at radius 1 is 1.06 bits per heavy atom. The molecule has 4 rings (SSSR count). The average molecular weight is 492 g/mol. The van der Waals surface area contributed by atoms with Gasteiger partial charge in [-0.3, -0.25) is 9.36 Å². The van der Waals surface area contributed by atoms with Gasteiger partial charge in [0.25, 0.3) is 0 Å². The topological polar surface area (TPSA) is 83.6 Å². The van der Waals surface area contributed by atoms with Crippen LogP contribution in [0.5, 0.6) is 0 Å². The number of rotatable bonds is 8. The highest BCUT2D eigenvalue weighted by atomic mass is 32.2. The van der Waals surface area contributed by atoms with Crippen molar-refractivity contribution in [3.8, 4) is 11.8 Å². The van der Waals surface area contributed by atoms with Crippen molar-refractivity contribution in [2.24, 2.45) is 0 Å². The van der Waals surface area contributed by atoms with Crippen LogP contribution < -0.4 is 5.32 Å². The van der Waals surface area contributed by atoms with E-state index >= 15 is 0 Å². The van der Waals surface area contributed by atoms with Crippen molar-refractivity contribution in [2.75, 3.05) is 11.1 Å². The van der Waals surface area contributed by atoms with Gasteiger partial charge in [0.2, 0.25) is 5.91 Å². The first kappa shape index (κ1) is 23.1. The first-order valence-electron chi connectivity index (χ1n) is 10.2. The van der Waals surface area contributed by atoms with E-state index in [9.17, 15) is 10.1 Å². The molecule has 4 aromatic rings. The third-order valence-electron chi connectivity index (χ3n) is 4.91. The molecule has 1 amide bonds. The molecule has 0 aliphatic heterocycles. The number of thioether (sulfide) groups is 2. The van der Waals surface area contributed by atoms with Crippen molar-refractivity contribution in [3.63, 3.8) is 0 Å². The molecule has 0 spiro atoms. The molecule has 0 fully saturated rings. The van der Waals surface area contributed by atoms with E-state index in [1.54, 1.807) is 11.8 Å². The zero-order valence-corrected chi connectivity index (χ0v) is 20.6. The van der Waals surface area contributed by atoms with Crippen LogP contribution in [0.15, 0.2) is 70.7 Å². The fourth-order valence-electron chi connectivity index (χ4n) is 3.13. The number of hydrogen-bond acceptors (Lipinski definition) is 7. The highest BCUT2D eigenvalue weighted by Gasteiger charge is 2.18. The number of carbonyl (C=O) groups excluding carboxylic acids is 1. The molecule has 33 heavy (non-hydrogen) atoms. The molecular weight excluding hydrogens is 470 g/mol. The van der Waals surface area contributed by atoms with Gasteiger partial charge in [0.1, 0.15) is 16.9 Å². The van der Waals surface area contributed by atoms with Gasteiger partial charge in [0.05, 0.1) is 17.1 Å². The minimum Gasteiger partial charge on any atom is -0.316 e. The van der Waals surface area contributed by atoms with Crippen molar-refractivity contribution in [1.82, 2.24) is 14.8 Å². The number of nitrogens with one attached hydrogen (secondary N) is 1. The molecule has 6 nitrogen and oxygen atoms in total. The number of amides is 1. The van der Waals surface area contributed by atoms with Gasteiger partial charge in [-0.1, -0.05) is 48.2 Å². The van der Waals surface area contributed by atoms with Crippen molar-refractivity contribution in [1.29, 1.82) is 5.26 Å². The summed E-state index contributed by atoms with van der Waals surface area (Å²) < 4.78 is 1.99.